The third kappa shape index (κ3) is 3.57. The zero-order valence-electron chi connectivity index (χ0n) is 16.2. The summed E-state index contributed by atoms with van der Waals surface area (Å²) in [4.78, 5) is 20.0. The van der Waals surface area contributed by atoms with Crippen molar-refractivity contribution in [3.8, 4) is 5.75 Å². The van der Waals surface area contributed by atoms with Crippen molar-refractivity contribution in [1.82, 2.24) is 9.97 Å². The van der Waals surface area contributed by atoms with Crippen LogP contribution in [0.4, 0.5) is 21.6 Å². The topological polar surface area (TPSA) is 76.1 Å². The summed E-state index contributed by atoms with van der Waals surface area (Å²) >= 11 is 5.80. The van der Waals surface area contributed by atoms with Crippen LogP contribution in [0.25, 0.3) is 10.9 Å². The molecule has 0 radical (unpaired) electrons. The molecule has 132 valence electrons. The summed E-state index contributed by atoms with van der Waals surface area (Å²) in [7, 11) is -2.74. The van der Waals surface area contributed by atoms with Gasteiger partial charge in [-0.05, 0) is 30.3 Å². The Morgan fingerprint density at radius 3 is 2.96 bits per heavy atom. The number of ether oxygens (including phenoxy) is 1. The zero-order valence-corrected chi connectivity index (χ0v) is 14.0. The second-order valence-electron chi connectivity index (χ2n) is 5.14. The molecule has 0 saturated carbocycles. The fourth-order valence-corrected chi connectivity index (χ4v) is 2.44. The number of nitrogens with zero attached hydrogens (tertiary/aromatic N) is 2. The summed E-state index contributed by atoms with van der Waals surface area (Å²) < 4.78 is 40.3. The van der Waals surface area contributed by atoms with Crippen LogP contribution < -0.4 is 15.4 Å². The molecule has 0 atom stereocenters. The Morgan fingerprint density at radius 1 is 1.38 bits per heavy atom. The van der Waals surface area contributed by atoms with Crippen molar-refractivity contribution in [1.29, 1.82) is 0 Å². The number of carbonyl (C=O) groups excluding carboxylic acids is 1. The number of carbonyl (C=O) groups is 1. The van der Waals surface area contributed by atoms with Crippen molar-refractivity contribution >= 4 is 45.6 Å². The van der Waals surface area contributed by atoms with Gasteiger partial charge in [-0.1, -0.05) is 18.2 Å². The second-order valence-corrected chi connectivity index (χ2v) is 5.54. The molecule has 0 unspecified atom stereocenters. The first-order chi connectivity index (χ1) is 13.7. The Labute approximate surface area is 157 Å². The van der Waals surface area contributed by atoms with E-state index in [2.05, 4.69) is 27.2 Å². The maximum Gasteiger partial charge on any atom is 0.247 e. The first-order valence-electron chi connectivity index (χ1n) is 8.79. The predicted molar refractivity (Wildman–Crippen MR) is 99.6 cm³/mol. The fourth-order valence-electron chi connectivity index (χ4n) is 2.26. The van der Waals surface area contributed by atoms with Gasteiger partial charge in [-0.15, -0.1) is 0 Å². The highest BCUT2D eigenvalue weighted by molar-refractivity contribution is 6.31. The largest absolute Gasteiger partial charge is 0.494 e. The van der Waals surface area contributed by atoms with Crippen LogP contribution in [-0.4, -0.2) is 22.9 Å². The summed E-state index contributed by atoms with van der Waals surface area (Å²) in [5, 5.41) is 5.87. The number of rotatable bonds is 5. The number of anilines is 3. The highest BCUT2D eigenvalue weighted by Crippen LogP contribution is 2.33. The van der Waals surface area contributed by atoms with Crippen molar-refractivity contribution in [3.05, 3.63) is 60.2 Å². The molecule has 1 amide bonds. The number of aromatic nitrogens is 2. The van der Waals surface area contributed by atoms with E-state index in [1.54, 1.807) is 0 Å². The molecule has 26 heavy (non-hydrogen) atoms. The Hall–Kier alpha value is -3.19. The number of nitrogens with one attached hydrogen (secondary N) is 2. The Bertz CT molecular complexity index is 1110. The maximum absolute atomic E-state index is 13.4. The van der Waals surface area contributed by atoms with Crippen LogP contribution in [0, 0.1) is 5.82 Å². The Balaban J connectivity index is 2.09. The van der Waals surface area contributed by atoms with Gasteiger partial charge in [-0.3, -0.25) is 4.79 Å². The lowest BCUT2D eigenvalue weighted by Gasteiger charge is -2.13. The van der Waals surface area contributed by atoms with Crippen LogP contribution in [0.2, 0.25) is 5.02 Å². The lowest BCUT2D eigenvalue weighted by molar-refractivity contribution is -0.111. The minimum Gasteiger partial charge on any atom is -0.494 e. The molecule has 0 aliphatic carbocycles. The van der Waals surface area contributed by atoms with Gasteiger partial charge in [0.1, 0.15) is 23.7 Å². The average molecular weight is 376 g/mol. The van der Waals surface area contributed by atoms with Gasteiger partial charge in [0.25, 0.3) is 0 Å². The normalized spacial score (nSPS) is 12.6. The van der Waals surface area contributed by atoms with Crippen molar-refractivity contribution in [2.24, 2.45) is 0 Å². The molecular formula is C18H14ClFN4O2. The van der Waals surface area contributed by atoms with Crippen LogP contribution >= 0.6 is 11.6 Å². The molecule has 0 bridgehead atoms. The second kappa shape index (κ2) is 7.37. The smallest absolute Gasteiger partial charge is 0.247 e. The molecule has 2 aromatic carbocycles. The van der Waals surface area contributed by atoms with Crippen molar-refractivity contribution in [2.45, 2.75) is 0 Å². The van der Waals surface area contributed by atoms with E-state index < -0.39 is 18.8 Å². The van der Waals surface area contributed by atoms with Crippen LogP contribution in [0.3, 0.4) is 0 Å². The highest BCUT2D eigenvalue weighted by atomic mass is 35.5. The molecule has 2 N–H and O–H groups in total. The number of fused-ring (bicyclic) bond motifs is 1. The third-order valence-corrected chi connectivity index (χ3v) is 3.76. The number of hydrogen-bond acceptors (Lipinski definition) is 5. The summed E-state index contributed by atoms with van der Waals surface area (Å²) in [6, 6.07) is 6.89. The molecule has 0 aliphatic rings. The molecule has 0 aliphatic heterocycles. The van der Waals surface area contributed by atoms with E-state index in [0.29, 0.717) is 22.4 Å². The van der Waals surface area contributed by atoms with Gasteiger partial charge in [-0.2, -0.15) is 0 Å². The standard InChI is InChI=1S/C18H14ClFN4O2/c1-3-17(25)24-15-7-11-14(8-16(15)26-2)21-9-22-18(11)23-10-4-5-13(20)12(19)6-10/h3-9H,1H2,2H3,(H,24,25)(H,21,22,23)/i2D3. The molecule has 0 fully saturated rings. The summed E-state index contributed by atoms with van der Waals surface area (Å²) in [6.45, 7) is 3.37. The van der Waals surface area contributed by atoms with Crippen LogP contribution in [0.5, 0.6) is 5.75 Å². The molecular weight excluding hydrogens is 359 g/mol. The monoisotopic (exact) mass is 375 g/mol. The van der Waals surface area contributed by atoms with E-state index >= 15 is 0 Å². The van der Waals surface area contributed by atoms with Gasteiger partial charge in [0, 0.05) is 17.1 Å². The van der Waals surface area contributed by atoms with E-state index in [4.69, 9.17) is 20.5 Å². The van der Waals surface area contributed by atoms with Gasteiger partial charge in [0.05, 0.1) is 27.4 Å². The first-order valence-corrected chi connectivity index (χ1v) is 7.67. The number of benzene rings is 2. The molecule has 8 heteroatoms. The van der Waals surface area contributed by atoms with Crippen molar-refractivity contribution in [3.63, 3.8) is 0 Å². The number of hydrogen-bond donors (Lipinski definition) is 2. The molecule has 1 heterocycles. The lowest BCUT2D eigenvalue weighted by atomic mass is 10.2. The zero-order chi connectivity index (χ0) is 21.2. The minimum absolute atomic E-state index is 0.0688. The van der Waals surface area contributed by atoms with Crippen LogP contribution in [0.15, 0.2) is 49.3 Å². The van der Waals surface area contributed by atoms with Gasteiger partial charge < -0.3 is 15.4 Å². The van der Waals surface area contributed by atoms with Crippen LogP contribution in [-0.2, 0) is 4.79 Å². The van der Waals surface area contributed by atoms with Gasteiger partial charge in [-0.25, -0.2) is 14.4 Å². The third-order valence-electron chi connectivity index (χ3n) is 3.47. The van der Waals surface area contributed by atoms with E-state index in [1.165, 1.54) is 36.7 Å². The van der Waals surface area contributed by atoms with Gasteiger partial charge in [0.15, 0.2) is 0 Å². The number of amides is 1. The highest BCUT2D eigenvalue weighted by Gasteiger charge is 2.12. The number of halogens is 2. The molecule has 3 aromatic rings. The average Bonchev–Trinajstić information content (AvgIpc) is 2.64. The Morgan fingerprint density at radius 2 is 2.23 bits per heavy atom. The van der Waals surface area contributed by atoms with E-state index in [-0.39, 0.29) is 16.5 Å². The lowest BCUT2D eigenvalue weighted by Crippen LogP contribution is -2.09. The number of methoxy groups -OCH3 is 1. The molecule has 0 spiro atoms. The van der Waals surface area contributed by atoms with Crippen molar-refractivity contribution in [2.75, 3.05) is 17.7 Å². The fraction of sp³-hybridized carbons (Fsp3) is 0.0556. The SMILES string of the molecule is [2H]C([2H])([2H])Oc1cc2ncnc(Nc3ccc(F)c(Cl)c3)c2cc1NC(=O)C=C. The van der Waals surface area contributed by atoms with Crippen LogP contribution in [0.1, 0.15) is 4.11 Å². The Kier molecular flexibility index (Phi) is 3.97. The summed E-state index contributed by atoms with van der Waals surface area (Å²) in [5.41, 5.74) is 0.913. The van der Waals surface area contributed by atoms with Gasteiger partial charge >= 0.3 is 0 Å². The molecule has 1 aromatic heterocycles. The van der Waals surface area contributed by atoms with Gasteiger partial charge in [0.2, 0.25) is 5.91 Å². The molecule has 0 saturated heterocycles. The molecule has 6 nitrogen and oxygen atoms in total. The van der Waals surface area contributed by atoms with E-state index in [1.807, 2.05) is 0 Å². The maximum atomic E-state index is 13.4. The molecule has 3 rings (SSSR count). The minimum atomic E-state index is -2.74. The summed E-state index contributed by atoms with van der Waals surface area (Å²) in [6.07, 6.45) is 2.29. The van der Waals surface area contributed by atoms with Crippen molar-refractivity contribution < 1.29 is 18.0 Å². The first kappa shape index (κ1) is 14.0. The van der Waals surface area contributed by atoms with E-state index in [9.17, 15) is 9.18 Å². The summed E-state index contributed by atoms with van der Waals surface area (Å²) in [5.74, 6) is -0.892. The van der Waals surface area contributed by atoms with E-state index in [0.717, 1.165) is 6.08 Å². The quantitative estimate of drug-likeness (QED) is 0.650. The predicted octanol–water partition coefficient (Wildman–Crippen LogP) is 4.30.